The molecule has 0 saturated heterocycles. The number of hydrogen-bond donors (Lipinski definition) is 2. The standard InChI is InChI=1S/C9H18N2O3/c1-3-5-6-14-9(12)11-7-8(10)13-4-2/h10H,3-7H2,1-2H3,(H,11,12). The van der Waals surface area contributed by atoms with Gasteiger partial charge < -0.3 is 14.8 Å². The zero-order valence-electron chi connectivity index (χ0n) is 8.76. The summed E-state index contributed by atoms with van der Waals surface area (Å²) in [7, 11) is 0. The summed E-state index contributed by atoms with van der Waals surface area (Å²) >= 11 is 0. The summed E-state index contributed by atoms with van der Waals surface area (Å²) in [6.45, 7) is 4.74. The Balaban J connectivity index is 3.39. The van der Waals surface area contributed by atoms with Crippen LogP contribution in [0.3, 0.4) is 0 Å². The van der Waals surface area contributed by atoms with E-state index in [0.29, 0.717) is 13.2 Å². The summed E-state index contributed by atoms with van der Waals surface area (Å²) in [5.74, 6) is 0.0416. The van der Waals surface area contributed by atoms with Gasteiger partial charge in [-0.25, -0.2) is 4.79 Å². The Labute approximate surface area is 84.3 Å². The first kappa shape index (κ1) is 12.7. The Morgan fingerprint density at radius 2 is 2.07 bits per heavy atom. The van der Waals surface area contributed by atoms with Gasteiger partial charge in [0.1, 0.15) is 0 Å². The Hall–Kier alpha value is -1.26. The van der Waals surface area contributed by atoms with Crippen LogP contribution >= 0.6 is 0 Å². The van der Waals surface area contributed by atoms with Crippen LogP contribution in [0.1, 0.15) is 26.7 Å². The lowest BCUT2D eigenvalue weighted by Crippen LogP contribution is -2.31. The summed E-state index contributed by atoms with van der Waals surface area (Å²) in [5, 5.41) is 9.62. The summed E-state index contributed by atoms with van der Waals surface area (Å²) in [6.07, 6.45) is 1.35. The van der Waals surface area contributed by atoms with Crippen LogP contribution in [-0.4, -0.2) is 31.7 Å². The lowest BCUT2D eigenvalue weighted by Gasteiger charge is -2.07. The molecule has 0 aliphatic carbocycles. The fourth-order valence-electron chi connectivity index (χ4n) is 0.738. The molecule has 0 aliphatic heterocycles. The Kier molecular flexibility index (Phi) is 7.59. The number of carbonyl (C=O) groups is 1. The van der Waals surface area contributed by atoms with Crippen molar-refractivity contribution in [1.29, 1.82) is 5.41 Å². The minimum Gasteiger partial charge on any atom is -0.480 e. The van der Waals surface area contributed by atoms with Crippen molar-refractivity contribution in [2.24, 2.45) is 0 Å². The normalized spacial score (nSPS) is 9.29. The van der Waals surface area contributed by atoms with Crippen LogP contribution in [0.15, 0.2) is 0 Å². The van der Waals surface area contributed by atoms with Gasteiger partial charge in [0.15, 0.2) is 0 Å². The second-order valence-electron chi connectivity index (χ2n) is 2.70. The molecule has 0 fully saturated rings. The first-order valence-corrected chi connectivity index (χ1v) is 4.81. The lowest BCUT2D eigenvalue weighted by atomic mass is 10.4. The van der Waals surface area contributed by atoms with E-state index in [-0.39, 0.29) is 12.4 Å². The van der Waals surface area contributed by atoms with Gasteiger partial charge in [-0.05, 0) is 13.3 Å². The molecule has 0 aromatic heterocycles. The number of unbranched alkanes of at least 4 members (excludes halogenated alkanes) is 1. The highest BCUT2D eigenvalue weighted by Gasteiger charge is 2.02. The molecule has 0 heterocycles. The maximum absolute atomic E-state index is 10.9. The van der Waals surface area contributed by atoms with Crippen molar-refractivity contribution in [3.63, 3.8) is 0 Å². The van der Waals surface area contributed by atoms with E-state index in [1.165, 1.54) is 0 Å². The number of carbonyl (C=O) groups excluding carboxylic acids is 1. The van der Waals surface area contributed by atoms with E-state index in [2.05, 4.69) is 5.32 Å². The molecule has 5 nitrogen and oxygen atoms in total. The third kappa shape index (κ3) is 7.39. The summed E-state index contributed by atoms with van der Waals surface area (Å²) in [4.78, 5) is 10.9. The number of rotatable bonds is 6. The van der Waals surface area contributed by atoms with Crippen LogP contribution in [0.2, 0.25) is 0 Å². The third-order valence-corrected chi connectivity index (χ3v) is 1.44. The summed E-state index contributed by atoms with van der Waals surface area (Å²) in [5.41, 5.74) is 0. The molecule has 5 heteroatoms. The van der Waals surface area contributed by atoms with Crippen LogP contribution in [0.5, 0.6) is 0 Å². The molecule has 0 atom stereocenters. The van der Waals surface area contributed by atoms with Crippen molar-refractivity contribution in [2.45, 2.75) is 26.7 Å². The van der Waals surface area contributed by atoms with Crippen molar-refractivity contribution in [2.75, 3.05) is 19.8 Å². The molecular formula is C9H18N2O3. The topological polar surface area (TPSA) is 71.4 Å². The molecular weight excluding hydrogens is 184 g/mol. The molecule has 0 aliphatic rings. The smallest absolute Gasteiger partial charge is 0.407 e. The second kappa shape index (κ2) is 8.34. The van der Waals surface area contributed by atoms with Gasteiger partial charge in [-0.3, -0.25) is 5.41 Å². The monoisotopic (exact) mass is 202 g/mol. The van der Waals surface area contributed by atoms with Crippen LogP contribution in [-0.2, 0) is 9.47 Å². The van der Waals surface area contributed by atoms with E-state index in [1.54, 1.807) is 6.92 Å². The molecule has 0 aromatic rings. The van der Waals surface area contributed by atoms with Gasteiger partial charge in [-0.1, -0.05) is 13.3 Å². The fraction of sp³-hybridized carbons (Fsp3) is 0.778. The Bertz CT molecular complexity index is 183. The first-order valence-electron chi connectivity index (χ1n) is 4.81. The molecule has 0 rings (SSSR count). The lowest BCUT2D eigenvalue weighted by molar-refractivity contribution is 0.145. The van der Waals surface area contributed by atoms with Gasteiger partial charge >= 0.3 is 6.09 Å². The molecule has 14 heavy (non-hydrogen) atoms. The van der Waals surface area contributed by atoms with Gasteiger partial charge in [0.25, 0.3) is 0 Å². The Morgan fingerprint density at radius 3 is 2.64 bits per heavy atom. The highest BCUT2D eigenvalue weighted by atomic mass is 16.5. The first-order chi connectivity index (χ1) is 6.70. The zero-order valence-corrected chi connectivity index (χ0v) is 8.76. The molecule has 0 radical (unpaired) electrons. The maximum atomic E-state index is 10.9. The number of ether oxygens (including phenoxy) is 2. The molecule has 0 aromatic carbocycles. The number of amides is 1. The quantitative estimate of drug-likeness (QED) is 0.390. The predicted molar refractivity (Wildman–Crippen MR) is 53.6 cm³/mol. The fourth-order valence-corrected chi connectivity index (χ4v) is 0.738. The van der Waals surface area contributed by atoms with E-state index in [0.717, 1.165) is 12.8 Å². The molecule has 0 unspecified atom stereocenters. The number of hydrogen-bond acceptors (Lipinski definition) is 4. The van der Waals surface area contributed by atoms with Crippen LogP contribution in [0, 0.1) is 5.41 Å². The molecule has 0 spiro atoms. The average molecular weight is 202 g/mol. The Morgan fingerprint density at radius 1 is 1.36 bits per heavy atom. The van der Waals surface area contributed by atoms with E-state index in [4.69, 9.17) is 14.9 Å². The summed E-state index contributed by atoms with van der Waals surface area (Å²) in [6, 6.07) is 0. The summed E-state index contributed by atoms with van der Waals surface area (Å²) < 4.78 is 9.64. The van der Waals surface area contributed by atoms with E-state index in [9.17, 15) is 4.79 Å². The second-order valence-corrected chi connectivity index (χ2v) is 2.70. The van der Waals surface area contributed by atoms with Gasteiger partial charge in [-0.2, -0.15) is 0 Å². The number of alkyl carbamates (subject to hydrolysis) is 1. The minimum absolute atomic E-state index is 0.0416. The SMILES string of the molecule is CCCCOC(=O)NCC(=N)OCC. The maximum Gasteiger partial charge on any atom is 0.407 e. The largest absolute Gasteiger partial charge is 0.480 e. The van der Waals surface area contributed by atoms with Gasteiger partial charge in [0.2, 0.25) is 5.90 Å². The van der Waals surface area contributed by atoms with Crippen LogP contribution in [0.25, 0.3) is 0 Å². The molecule has 0 bridgehead atoms. The van der Waals surface area contributed by atoms with Gasteiger partial charge in [0, 0.05) is 0 Å². The van der Waals surface area contributed by atoms with E-state index < -0.39 is 6.09 Å². The van der Waals surface area contributed by atoms with Gasteiger partial charge in [-0.15, -0.1) is 0 Å². The van der Waals surface area contributed by atoms with Crippen molar-refractivity contribution in [3.8, 4) is 0 Å². The van der Waals surface area contributed by atoms with Crippen molar-refractivity contribution >= 4 is 12.0 Å². The molecule has 1 amide bonds. The van der Waals surface area contributed by atoms with Crippen LogP contribution < -0.4 is 5.32 Å². The van der Waals surface area contributed by atoms with Crippen LogP contribution in [0.4, 0.5) is 4.79 Å². The third-order valence-electron chi connectivity index (χ3n) is 1.44. The highest BCUT2D eigenvalue weighted by molar-refractivity contribution is 5.79. The highest BCUT2D eigenvalue weighted by Crippen LogP contribution is 1.88. The predicted octanol–water partition coefficient (Wildman–Crippen LogP) is 1.53. The van der Waals surface area contributed by atoms with E-state index in [1.807, 2.05) is 6.92 Å². The van der Waals surface area contributed by atoms with E-state index >= 15 is 0 Å². The zero-order chi connectivity index (χ0) is 10.8. The average Bonchev–Trinajstić information content (AvgIpc) is 2.16. The molecule has 0 saturated carbocycles. The van der Waals surface area contributed by atoms with Crippen molar-refractivity contribution in [1.82, 2.24) is 5.32 Å². The molecule has 2 N–H and O–H groups in total. The van der Waals surface area contributed by atoms with Crippen molar-refractivity contribution < 1.29 is 14.3 Å². The van der Waals surface area contributed by atoms with Crippen molar-refractivity contribution in [3.05, 3.63) is 0 Å². The van der Waals surface area contributed by atoms with Gasteiger partial charge in [0.05, 0.1) is 19.8 Å². The molecule has 82 valence electrons. The number of nitrogens with one attached hydrogen (secondary N) is 2. The minimum atomic E-state index is -0.497.